The van der Waals surface area contributed by atoms with Crippen LogP contribution in [0.25, 0.3) is 0 Å². The van der Waals surface area contributed by atoms with Crippen LogP contribution in [-0.2, 0) is 0 Å². The van der Waals surface area contributed by atoms with Crippen molar-refractivity contribution in [2.24, 2.45) is 0 Å². The zero-order chi connectivity index (χ0) is 28.1. The first-order valence-electron chi connectivity index (χ1n) is 18.5. The lowest BCUT2D eigenvalue weighted by atomic mass is 10.1. The van der Waals surface area contributed by atoms with Gasteiger partial charge in [0, 0.05) is 39.3 Å². The first kappa shape index (κ1) is 36.9. The van der Waals surface area contributed by atoms with Crippen LogP contribution >= 0.6 is 0 Å². The van der Waals surface area contributed by atoms with E-state index in [4.69, 9.17) is 0 Å². The van der Waals surface area contributed by atoms with Gasteiger partial charge in [0.1, 0.15) is 0 Å². The number of unbranched alkanes of at least 4 members (excludes halogenated alkanes) is 21. The lowest BCUT2D eigenvalue weighted by Gasteiger charge is -2.25. The summed E-state index contributed by atoms with van der Waals surface area (Å²) in [6.07, 6.45) is 34.4. The molecule has 1 rings (SSSR count). The third-order valence-electron chi connectivity index (χ3n) is 9.18. The van der Waals surface area contributed by atoms with Gasteiger partial charge >= 0.3 is 0 Å². The fraction of sp³-hybridized carbons (Fsp3) is 1.00. The molecule has 3 heteroatoms. The van der Waals surface area contributed by atoms with Crippen LogP contribution in [0.3, 0.4) is 0 Å². The van der Waals surface area contributed by atoms with Crippen molar-refractivity contribution in [3.8, 4) is 0 Å². The lowest BCUT2D eigenvalue weighted by Crippen LogP contribution is -2.37. The third-order valence-corrected chi connectivity index (χ3v) is 9.18. The van der Waals surface area contributed by atoms with Gasteiger partial charge in [-0.25, -0.2) is 0 Å². The smallest absolute Gasteiger partial charge is 0.0110 e. The van der Waals surface area contributed by atoms with Crippen molar-refractivity contribution in [1.29, 1.82) is 0 Å². The molecule has 0 radical (unpaired) electrons. The maximum absolute atomic E-state index is 2.82. The Balaban J connectivity index is 2.37. The van der Waals surface area contributed by atoms with Gasteiger partial charge in [0.05, 0.1) is 0 Å². The SMILES string of the molecule is CCCCCCCCCCN1CCN(CCCCCCCCCC)CCN(CCCCCCCCCC)CC1. The van der Waals surface area contributed by atoms with Gasteiger partial charge in [0.15, 0.2) is 0 Å². The highest BCUT2D eigenvalue weighted by Crippen LogP contribution is 2.13. The minimum Gasteiger partial charge on any atom is -0.301 e. The minimum atomic E-state index is 1.29. The monoisotopic (exact) mass is 550 g/mol. The van der Waals surface area contributed by atoms with Crippen LogP contribution in [-0.4, -0.2) is 73.6 Å². The first-order valence-corrected chi connectivity index (χ1v) is 18.5. The number of hydrogen-bond acceptors (Lipinski definition) is 3. The molecule has 0 aliphatic carbocycles. The molecule has 3 nitrogen and oxygen atoms in total. The molecule has 0 amide bonds. The van der Waals surface area contributed by atoms with Crippen molar-refractivity contribution >= 4 is 0 Å². The molecular formula is C36H75N3. The fourth-order valence-electron chi connectivity index (χ4n) is 6.26. The highest BCUT2D eigenvalue weighted by Gasteiger charge is 2.16. The Bertz CT molecular complexity index is 390. The van der Waals surface area contributed by atoms with Crippen molar-refractivity contribution in [2.45, 2.75) is 175 Å². The molecule has 0 saturated carbocycles. The number of nitrogens with zero attached hydrogens (tertiary/aromatic N) is 3. The van der Waals surface area contributed by atoms with Crippen LogP contribution < -0.4 is 0 Å². The van der Waals surface area contributed by atoms with E-state index in [1.807, 2.05) is 0 Å². The highest BCUT2D eigenvalue weighted by atomic mass is 15.3. The molecule has 1 aliphatic heterocycles. The van der Waals surface area contributed by atoms with Gasteiger partial charge in [0.25, 0.3) is 0 Å². The molecule has 1 aliphatic rings. The van der Waals surface area contributed by atoms with Gasteiger partial charge in [-0.2, -0.15) is 0 Å². The normalized spacial score (nSPS) is 16.4. The second kappa shape index (κ2) is 29.4. The molecule has 0 aromatic rings. The van der Waals surface area contributed by atoms with Crippen molar-refractivity contribution in [3.63, 3.8) is 0 Å². The van der Waals surface area contributed by atoms with Crippen molar-refractivity contribution < 1.29 is 0 Å². The van der Waals surface area contributed by atoms with E-state index >= 15 is 0 Å². The predicted molar refractivity (Wildman–Crippen MR) is 177 cm³/mol. The standard InChI is InChI=1S/C36H75N3/c1-4-7-10-13-16-19-22-25-28-37-31-33-38(29-26-23-20-17-14-11-8-5-2)35-36-39(34-32-37)30-27-24-21-18-15-12-9-6-3/h4-36H2,1-3H3. The van der Waals surface area contributed by atoms with Gasteiger partial charge in [-0.1, -0.05) is 156 Å². The maximum atomic E-state index is 2.82. The van der Waals surface area contributed by atoms with Crippen molar-refractivity contribution in [1.82, 2.24) is 14.7 Å². The fourth-order valence-corrected chi connectivity index (χ4v) is 6.26. The minimum absolute atomic E-state index is 1.29. The molecule has 0 unspecified atom stereocenters. The van der Waals surface area contributed by atoms with Crippen LogP contribution in [0, 0.1) is 0 Å². The summed E-state index contributed by atoms with van der Waals surface area (Å²) in [5, 5.41) is 0. The summed E-state index contributed by atoms with van der Waals surface area (Å²) < 4.78 is 0. The van der Waals surface area contributed by atoms with E-state index in [1.165, 1.54) is 213 Å². The molecule has 39 heavy (non-hydrogen) atoms. The molecule has 234 valence electrons. The Labute approximate surface area is 248 Å². The van der Waals surface area contributed by atoms with E-state index in [2.05, 4.69) is 35.5 Å². The average Bonchev–Trinajstić information content (AvgIpc) is 3.04. The molecule has 0 N–H and O–H groups in total. The van der Waals surface area contributed by atoms with Gasteiger partial charge in [-0.3, -0.25) is 0 Å². The largest absolute Gasteiger partial charge is 0.301 e. The molecule has 0 bridgehead atoms. The second-order valence-corrected chi connectivity index (χ2v) is 12.9. The average molecular weight is 550 g/mol. The summed E-state index contributed by atoms with van der Waals surface area (Å²) in [6.45, 7) is 18.7. The zero-order valence-corrected chi connectivity index (χ0v) is 27.7. The zero-order valence-electron chi connectivity index (χ0n) is 27.7. The van der Waals surface area contributed by atoms with Gasteiger partial charge in [-0.05, 0) is 38.9 Å². The topological polar surface area (TPSA) is 9.72 Å². The lowest BCUT2D eigenvalue weighted by molar-refractivity contribution is 0.213. The van der Waals surface area contributed by atoms with Crippen LogP contribution in [0.4, 0.5) is 0 Å². The molecule has 1 heterocycles. The van der Waals surface area contributed by atoms with E-state index in [1.54, 1.807) is 0 Å². The Morgan fingerprint density at radius 2 is 0.436 bits per heavy atom. The maximum Gasteiger partial charge on any atom is 0.0110 e. The molecule has 1 fully saturated rings. The second-order valence-electron chi connectivity index (χ2n) is 12.9. The summed E-state index contributed by atoms with van der Waals surface area (Å²) in [6, 6.07) is 0. The number of hydrogen-bond donors (Lipinski definition) is 0. The summed E-state index contributed by atoms with van der Waals surface area (Å²) in [7, 11) is 0. The van der Waals surface area contributed by atoms with Crippen LogP contribution in [0.2, 0.25) is 0 Å². The third kappa shape index (κ3) is 24.2. The molecular weight excluding hydrogens is 474 g/mol. The van der Waals surface area contributed by atoms with Gasteiger partial charge in [-0.15, -0.1) is 0 Å². The molecule has 1 saturated heterocycles. The summed E-state index contributed by atoms with van der Waals surface area (Å²) >= 11 is 0. The Morgan fingerprint density at radius 1 is 0.256 bits per heavy atom. The van der Waals surface area contributed by atoms with Crippen LogP contribution in [0.1, 0.15) is 175 Å². The van der Waals surface area contributed by atoms with Crippen LogP contribution in [0.15, 0.2) is 0 Å². The van der Waals surface area contributed by atoms with E-state index < -0.39 is 0 Å². The first-order chi connectivity index (χ1) is 19.3. The summed E-state index contributed by atoms with van der Waals surface area (Å²) in [4.78, 5) is 8.47. The van der Waals surface area contributed by atoms with E-state index in [0.717, 1.165) is 0 Å². The highest BCUT2D eigenvalue weighted by molar-refractivity contribution is 4.72. The molecule has 0 aromatic carbocycles. The predicted octanol–water partition coefficient (Wildman–Crippen LogP) is 10.3. The van der Waals surface area contributed by atoms with Gasteiger partial charge in [0.2, 0.25) is 0 Å². The molecule has 0 aromatic heterocycles. The van der Waals surface area contributed by atoms with Crippen LogP contribution in [0.5, 0.6) is 0 Å². The van der Waals surface area contributed by atoms with Crippen molar-refractivity contribution in [3.05, 3.63) is 0 Å². The van der Waals surface area contributed by atoms with Crippen molar-refractivity contribution in [2.75, 3.05) is 58.9 Å². The quantitative estimate of drug-likeness (QED) is 0.0943. The van der Waals surface area contributed by atoms with E-state index in [0.29, 0.717) is 0 Å². The summed E-state index contributed by atoms with van der Waals surface area (Å²) in [5.41, 5.74) is 0. The number of rotatable bonds is 27. The summed E-state index contributed by atoms with van der Waals surface area (Å²) in [5.74, 6) is 0. The van der Waals surface area contributed by atoms with Gasteiger partial charge < -0.3 is 14.7 Å². The Hall–Kier alpha value is -0.120. The van der Waals surface area contributed by atoms with E-state index in [9.17, 15) is 0 Å². The molecule has 0 atom stereocenters. The Morgan fingerprint density at radius 3 is 0.641 bits per heavy atom. The Kier molecular flexibility index (Phi) is 27.8. The molecule has 0 spiro atoms. The van der Waals surface area contributed by atoms with E-state index in [-0.39, 0.29) is 0 Å².